The van der Waals surface area contributed by atoms with Crippen LogP contribution in [0.2, 0.25) is 0 Å². The van der Waals surface area contributed by atoms with E-state index in [1.807, 2.05) is 0 Å². The molecule has 1 aromatic rings. The van der Waals surface area contributed by atoms with Crippen molar-refractivity contribution in [2.24, 2.45) is 0 Å². The first-order valence-electron chi connectivity index (χ1n) is 5.83. The van der Waals surface area contributed by atoms with E-state index in [4.69, 9.17) is 0 Å². The van der Waals surface area contributed by atoms with Crippen LogP contribution in [0.3, 0.4) is 0 Å². The van der Waals surface area contributed by atoms with Gasteiger partial charge in [-0.1, -0.05) is 12.1 Å². The fourth-order valence-electron chi connectivity index (χ4n) is 1.96. The van der Waals surface area contributed by atoms with Crippen molar-refractivity contribution in [2.75, 3.05) is 19.3 Å². The highest BCUT2D eigenvalue weighted by molar-refractivity contribution is 7.89. The number of amides is 2. The SMILES string of the molecule is CNS(=O)(=O)CCCN1C(=O)c2ccccc2C1=O. The third-order valence-corrected chi connectivity index (χ3v) is 4.43. The molecule has 0 aliphatic carbocycles. The Kier molecular flexibility index (Phi) is 3.68. The van der Waals surface area contributed by atoms with Gasteiger partial charge in [-0.15, -0.1) is 0 Å². The zero-order chi connectivity index (χ0) is 14.0. The predicted octanol–water partition coefficient (Wildman–Crippen LogP) is 0.222. The van der Waals surface area contributed by atoms with Gasteiger partial charge in [-0.05, 0) is 25.6 Å². The highest BCUT2D eigenvalue weighted by atomic mass is 32.2. The molecule has 0 aromatic heterocycles. The van der Waals surface area contributed by atoms with E-state index in [9.17, 15) is 18.0 Å². The maximum Gasteiger partial charge on any atom is 0.261 e. The second-order valence-electron chi connectivity index (χ2n) is 4.18. The molecule has 0 bridgehead atoms. The molecule has 0 unspecified atom stereocenters. The van der Waals surface area contributed by atoms with Gasteiger partial charge in [0.1, 0.15) is 0 Å². The minimum atomic E-state index is -3.31. The molecule has 2 rings (SSSR count). The average Bonchev–Trinajstić information content (AvgIpc) is 2.64. The molecule has 6 nitrogen and oxygen atoms in total. The molecule has 2 amide bonds. The van der Waals surface area contributed by atoms with Crippen LogP contribution in [0.4, 0.5) is 0 Å². The second kappa shape index (κ2) is 5.10. The summed E-state index contributed by atoms with van der Waals surface area (Å²) in [6, 6.07) is 6.58. The molecule has 1 aliphatic heterocycles. The van der Waals surface area contributed by atoms with Gasteiger partial charge in [0, 0.05) is 6.54 Å². The van der Waals surface area contributed by atoms with Gasteiger partial charge in [-0.3, -0.25) is 14.5 Å². The minimum Gasteiger partial charge on any atom is -0.274 e. The highest BCUT2D eigenvalue weighted by Gasteiger charge is 2.34. The Labute approximate surface area is 111 Å². The van der Waals surface area contributed by atoms with Gasteiger partial charge in [0.05, 0.1) is 16.9 Å². The summed E-state index contributed by atoms with van der Waals surface area (Å²) >= 11 is 0. The number of nitrogens with one attached hydrogen (secondary N) is 1. The monoisotopic (exact) mass is 282 g/mol. The number of rotatable bonds is 5. The first-order chi connectivity index (χ1) is 8.96. The Bertz CT molecular complexity index is 589. The summed E-state index contributed by atoms with van der Waals surface area (Å²) in [5.41, 5.74) is 0.757. The van der Waals surface area contributed by atoms with Gasteiger partial charge in [0.25, 0.3) is 11.8 Å². The number of nitrogens with zero attached hydrogens (tertiary/aromatic N) is 1. The summed E-state index contributed by atoms with van der Waals surface area (Å²) in [5.74, 6) is -0.832. The number of fused-ring (bicyclic) bond motifs is 1. The molecule has 1 aliphatic rings. The number of benzene rings is 1. The summed E-state index contributed by atoms with van der Waals surface area (Å²) < 4.78 is 24.7. The molecule has 0 spiro atoms. The fourth-order valence-corrected chi connectivity index (χ4v) is 2.67. The van der Waals surface area contributed by atoms with Crippen LogP contribution < -0.4 is 4.72 Å². The van der Waals surface area contributed by atoms with Gasteiger partial charge < -0.3 is 0 Å². The number of hydrogen-bond donors (Lipinski definition) is 1. The van der Waals surface area contributed by atoms with Crippen molar-refractivity contribution < 1.29 is 18.0 Å². The first-order valence-corrected chi connectivity index (χ1v) is 7.48. The van der Waals surface area contributed by atoms with E-state index >= 15 is 0 Å². The Morgan fingerprint density at radius 2 is 1.63 bits per heavy atom. The minimum absolute atomic E-state index is 0.104. The normalized spacial score (nSPS) is 14.9. The van der Waals surface area contributed by atoms with Gasteiger partial charge in [0.2, 0.25) is 10.0 Å². The van der Waals surface area contributed by atoms with Crippen LogP contribution in [0.5, 0.6) is 0 Å². The molecular formula is C12H14N2O4S. The number of imide groups is 1. The van der Waals surface area contributed by atoms with Gasteiger partial charge in [0.15, 0.2) is 0 Å². The van der Waals surface area contributed by atoms with E-state index < -0.39 is 10.0 Å². The molecule has 19 heavy (non-hydrogen) atoms. The van der Waals surface area contributed by atoms with Crippen LogP contribution in [0.15, 0.2) is 24.3 Å². The lowest BCUT2D eigenvalue weighted by atomic mass is 10.1. The van der Waals surface area contributed by atoms with Crippen LogP contribution in [-0.2, 0) is 10.0 Å². The molecule has 102 valence electrons. The zero-order valence-corrected chi connectivity index (χ0v) is 11.2. The topological polar surface area (TPSA) is 83.6 Å². The largest absolute Gasteiger partial charge is 0.274 e. The Balaban J connectivity index is 2.05. The quantitative estimate of drug-likeness (QED) is 0.783. The Morgan fingerprint density at radius 1 is 1.11 bits per heavy atom. The summed E-state index contributed by atoms with van der Waals surface area (Å²) in [4.78, 5) is 25.0. The van der Waals surface area contributed by atoms with Crippen molar-refractivity contribution >= 4 is 21.8 Å². The molecule has 0 atom stereocenters. The standard InChI is InChI=1S/C12H14N2O4S/c1-13-19(17,18)8-4-7-14-11(15)9-5-2-3-6-10(9)12(14)16/h2-3,5-6,13H,4,7-8H2,1H3. The molecule has 1 N–H and O–H groups in total. The Morgan fingerprint density at radius 3 is 2.11 bits per heavy atom. The average molecular weight is 282 g/mol. The van der Waals surface area contributed by atoms with Crippen LogP contribution in [0.25, 0.3) is 0 Å². The van der Waals surface area contributed by atoms with Crippen LogP contribution in [0, 0.1) is 0 Å². The maximum atomic E-state index is 12.0. The molecule has 7 heteroatoms. The van der Waals surface area contributed by atoms with Crippen LogP contribution >= 0.6 is 0 Å². The molecule has 1 aromatic carbocycles. The number of hydrogen-bond acceptors (Lipinski definition) is 4. The summed E-state index contributed by atoms with van der Waals surface area (Å²) in [6.45, 7) is 0.104. The van der Waals surface area contributed by atoms with Crippen molar-refractivity contribution in [1.29, 1.82) is 0 Å². The lowest BCUT2D eigenvalue weighted by Gasteiger charge is -2.13. The predicted molar refractivity (Wildman–Crippen MR) is 69.3 cm³/mol. The lowest BCUT2D eigenvalue weighted by molar-refractivity contribution is 0.0654. The van der Waals surface area contributed by atoms with Gasteiger partial charge >= 0.3 is 0 Å². The number of carbonyl (C=O) groups is 2. The van der Waals surface area contributed by atoms with E-state index in [2.05, 4.69) is 4.72 Å². The van der Waals surface area contributed by atoms with Crippen molar-refractivity contribution in [3.63, 3.8) is 0 Å². The van der Waals surface area contributed by atoms with Crippen molar-refractivity contribution in [1.82, 2.24) is 9.62 Å². The maximum absolute atomic E-state index is 12.0. The zero-order valence-electron chi connectivity index (χ0n) is 10.4. The lowest BCUT2D eigenvalue weighted by Crippen LogP contribution is -2.32. The molecule has 1 heterocycles. The summed E-state index contributed by atoms with van der Waals surface area (Å²) in [7, 11) is -1.98. The van der Waals surface area contributed by atoms with E-state index in [-0.39, 0.29) is 30.5 Å². The third kappa shape index (κ3) is 2.66. The summed E-state index contributed by atoms with van der Waals surface area (Å²) in [5, 5.41) is 0. The van der Waals surface area contributed by atoms with E-state index in [1.54, 1.807) is 24.3 Å². The second-order valence-corrected chi connectivity index (χ2v) is 6.23. The van der Waals surface area contributed by atoms with Gasteiger partial charge in [-0.25, -0.2) is 13.1 Å². The first kappa shape index (κ1) is 13.7. The summed E-state index contributed by atoms with van der Waals surface area (Å²) in [6.07, 6.45) is 0.217. The van der Waals surface area contributed by atoms with E-state index in [0.717, 1.165) is 4.90 Å². The van der Waals surface area contributed by atoms with Crippen molar-refractivity contribution in [3.05, 3.63) is 35.4 Å². The van der Waals surface area contributed by atoms with Crippen LogP contribution in [-0.4, -0.2) is 44.5 Å². The number of sulfonamides is 1. The molecular weight excluding hydrogens is 268 g/mol. The smallest absolute Gasteiger partial charge is 0.261 e. The fraction of sp³-hybridized carbons (Fsp3) is 0.333. The molecule has 0 fully saturated rings. The van der Waals surface area contributed by atoms with E-state index in [0.29, 0.717) is 11.1 Å². The van der Waals surface area contributed by atoms with Crippen LogP contribution in [0.1, 0.15) is 27.1 Å². The van der Waals surface area contributed by atoms with Gasteiger partial charge in [-0.2, -0.15) is 0 Å². The molecule has 0 saturated carbocycles. The highest BCUT2D eigenvalue weighted by Crippen LogP contribution is 2.22. The number of carbonyl (C=O) groups excluding carboxylic acids is 2. The molecule has 0 saturated heterocycles. The van der Waals surface area contributed by atoms with E-state index in [1.165, 1.54) is 7.05 Å². The van der Waals surface area contributed by atoms with Crippen molar-refractivity contribution in [3.8, 4) is 0 Å². The van der Waals surface area contributed by atoms with Crippen molar-refractivity contribution in [2.45, 2.75) is 6.42 Å². The Hall–Kier alpha value is -1.73. The third-order valence-electron chi connectivity index (χ3n) is 2.98. The molecule has 0 radical (unpaired) electrons.